The molecule has 25 heavy (non-hydrogen) atoms. The first-order valence-electron chi connectivity index (χ1n) is 9.52. The fourth-order valence-electron chi connectivity index (χ4n) is 4.93. The lowest BCUT2D eigenvalue weighted by Crippen LogP contribution is -2.71. The van der Waals surface area contributed by atoms with Gasteiger partial charge < -0.3 is 15.3 Å². The van der Waals surface area contributed by atoms with Gasteiger partial charge in [0.05, 0.1) is 12.0 Å². The molecule has 1 unspecified atom stereocenters. The molecule has 1 aliphatic carbocycles. The predicted molar refractivity (Wildman–Crippen MR) is 97.8 cm³/mol. The number of aliphatic carboxylic acids is 1. The molecule has 3 aliphatic rings. The normalized spacial score (nSPS) is 30.0. The fraction of sp³-hybridized carbons (Fsp3) is 0.650. The summed E-state index contributed by atoms with van der Waals surface area (Å²) in [5.41, 5.74) is 1.33. The van der Waals surface area contributed by atoms with Crippen LogP contribution in [0.5, 0.6) is 0 Å². The fourth-order valence-corrected chi connectivity index (χ4v) is 4.93. The Morgan fingerprint density at radius 2 is 1.92 bits per heavy atom. The van der Waals surface area contributed by atoms with Crippen LogP contribution in [0.15, 0.2) is 30.3 Å². The molecule has 4 rings (SSSR count). The van der Waals surface area contributed by atoms with E-state index in [4.69, 9.17) is 0 Å². The van der Waals surface area contributed by atoms with E-state index in [1.165, 1.54) is 12.0 Å². The number of nitrogens with one attached hydrogen (secondary N) is 1. The quantitative estimate of drug-likeness (QED) is 0.824. The van der Waals surface area contributed by atoms with E-state index in [1.54, 1.807) is 0 Å². The van der Waals surface area contributed by atoms with Crippen LogP contribution in [0.25, 0.3) is 0 Å². The second-order valence-electron chi connectivity index (χ2n) is 8.25. The molecule has 1 saturated carbocycles. The van der Waals surface area contributed by atoms with E-state index in [1.807, 2.05) is 0 Å². The minimum absolute atomic E-state index is 0.127. The molecule has 0 amide bonds. The van der Waals surface area contributed by atoms with Crippen molar-refractivity contribution in [3.63, 3.8) is 0 Å². The van der Waals surface area contributed by atoms with Crippen molar-refractivity contribution >= 4 is 5.97 Å². The minimum atomic E-state index is -0.669. The Morgan fingerprint density at radius 3 is 2.52 bits per heavy atom. The van der Waals surface area contributed by atoms with Gasteiger partial charge >= 0.3 is 5.97 Å². The third-order valence-corrected chi connectivity index (χ3v) is 6.24. The van der Waals surface area contributed by atoms with Crippen molar-refractivity contribution in [2.24, 2.45) is 0 Å². The summed E-state index contributed by atoms with van der Waals surface area (Å²) in [4.78, 5) is 16.0. The van der Waals surface area contributed by atoms with Crippen LogP contribution in [0.1, 0.15) is 37.2 Å². The lowest BCUT2D eigenvalue weighted by molar-refractivity contribution is -0.146. The first kappa shape index (κ1) is 17.0. The van der Waals surface area contributed by atoms with Gasteiger partial charge in [0.2, 0.25) is 0 Å². The zero-order chi connectivity index (χ0) is 17.4. The maximum atomic E-state index is 11.3. The van der Waals surface area contributed by atoms with Crippen molar-refractivity contribution in [1.29, 1.82) is 0 Å². The first-order chi connectivity index (χ1) is 12.1. The van der Waals surface area contributed by atoms with E-state index in [-0.39, 0.29) is 12.0 Å². The molecule has 2 aliphatic heterocycles. The zero-order valence-corrected chi connectivity index (χ0v) is 15.0. The van der Waals surface area contributed by atoms with E-state index in [2.05, 4.69) is 52.5 Å². The van der Waals surface area contributed by atoms with Gasteiger partial charge in [-0.15, -0.1) is 0 Å². The van der Waals surface area contributed by atoms with Gasteiger partial charge in [0, 0.05) is 44.2 Å². The van der Waals surface area contributed by atoms with Crippen molar-refractivity contribution < 1.29 is 9.90 Å². The Hall–Kier alpha value is -1.43. The molecule has 136 valence electrons. The van der Waals surface area contributed by atoms with Crippen molar-refractivity contribution in [3.05, 3.63) is 35.9 Å². The lowest BCUT2D eigenvalue weighted by Gasteiger charge is -2.56. The number of hydrogen-bond acceptors (Lipinski definition) is 4. The molecule has 2 N–H and O–H groups in total. The molecule has 2 heterocycles. The number of likely N-dealkylation sites (N-methyl/N-ethyl adjacent to an activating group) is 1. The van der Waals surface area contributed by atoms with Crippen LogP contribution in [0, 0.1) is 0 Å². The van der Waals surface area contributed by atoms with E-state index in [0.29, 0.717) is 18.0 Å². The largest absolute Gasteiger partial charge is 0.481 e. The van der Waals surface area contributed by atoms with Crippen LogP contribution in [0.4, 0.5) is 0 Å². The Morgan fingerprint density at radius 1 is 1.24 bits per heavy atom. The highest BCUT2D eigenvalue weighted by molar-refractivity contribution is 5.69. The molecular weight excluding hydrogens is 314 g/mol. The molecule has 0 aromatic heterocycles. The summed E-state index contributed by atoms with van der Waals surface area (Å²) in [5, 5.41) is 13.1. The van der Waals surface area contributed by atoms with E-state index < -0.39 is 5.97 Å². The molecule has 0 radical (unpaired) electrons. The van der Waals surface area contributed by atoms with Gasteiger partial charge in [0.25, 0.3) is 0 Å². The Labute approximate surface area is 150 Å². The molecule has 2 atom stereocenters. The third-order valence-electron chi connectivity index (χ3n) is 6.24. The van der Waals surface area contributed by atoms with E-state index in [9.17, 15) is 9.90 Å². The smallest absolute Gasteiger partial charge is 0.305 e. The van der Waals surface area contributed by atoms with Gasteiger partial charge in [-0.1, -0.05) is 30.3 Å². The van der Waals surface area contributed by atoms with Gasteiger partial charge in [-0.05, 0) is 31.9 Å². The van der Waals surface area contributed by atoms with Crippen molar-refractivity contribution in [2.75, 3.05) is 33.2 Å². The number of hydrogen-bond donors (Lipinski definition) is 2. The molecule has 5 heteroatoms. The molecular formula is C20H29N3O2. The number of carboxylic acid groups (broad SMARTS) is 1. The monoisotopic (exact) mass is 343 g/mol. The van der Waals surface area contributed by atoms with Gasteiger partial charge in [0.1, 0.15) is 0 Å². The second kappa shape index (κ2) is 6.71. The summed E-state index contributed by atoms with van der Waals surface area (Å²) in [6, 6.07) is 12.0. The highest BCUT2D eigenvalue weighted by atomic mass is 16.4. The average molecular weight is 343 g/mol. The average Bonchev–Trinajstić information content (AvgIpc) is 3.33. The maximum absolute atomic E-state index is 11.3. The molecule has 3 fully saturated rings. The van der Waals surface area contributed by atoms with Crippen molar-refractivity contribution in [1.82, 2.24) is 15.1 Å². The van der Waals surface area contributed by atoms with Crippen LogP contribution in [0.2, 0.25) is 0 Å². The van der Waals surface area contributed by atoms with Gasteiger partial charge in [-0.25, -0.2) is 0 Å². The summed E-state index contributed by atoms with van der Waals surface area (Å²) in [6.45, 7) is 3.80. The molecule has 0 spiro atoms. The van der Waals surface area contributed by atoms with Crippen molar-refractivity contribution in [3.8, 4) is 0 Å². The number of piperidine rings is 1. The van der Waals surface area contributed by atoms with Crippen LogP contribution >= 0.6 is 0 Å². The topological polar surface area (TPSA) is 55.8 Å². The summed E-state index contributed by atoms with van der Waals surface area (Å²) in [7, 11) is 2.07. The summed E-state index contributed by atoms with van der Waals surface area (Å²) in [5.74, 6) is 0.00916. The summed E-state index contributed by atoms with van der Waals surface area (Å²) in [6.07, 6.45) is 3.78. The Balaban J connectivity index is 1.27. The zero-order valence-electron chi connectivity index (χ0n) is 15.0. The maximum Gasteiger partial charge on any atom is 0.305 e. The van der Waals surface area contributed by atoms with Crippen LogP contribution in [0.3, 0.4) is 0 Å². The molecule has 2 saturated heterocycles. The Bertz CT molecular complexity index is 607. The number of carbonyl (C=O) groups is 1. The molecule has 1 aromatic rings. The van der Waals surface area contributed by atoms with E-state index in [0.717, 1.165) is 39.0 Å². The van der Waals surface area contributed by atoms with E-state index >= 15 is 0 Å². The molecule has 5 nitrogen and oxygen atoms in total. The molecule has 0 bridgehead atoms. The number of nitrogens with zero attached hydrogens (tertiary/aromatic N) is 2. The highest BCUT2D eigenvalue weighted by Crippen LogP contribution is 2.41. The number of carboxylic acids is 1. The van der Waals surface area contributed by atoms with Crippen molar-refractivity contribution in [2.45, 2.75) is 49.2 Å². The van der Waals surface area contributed by atoms with Gasteiger partial charge in [-0.2, -0.15) is 0 Å². The first-order valence-corrected chi connectivity index (χ1v) is 9.52. The standard InChI is InChI=1S/C20H29N3O2/c1-22-13-20(14-22,12-19(24)25)23-9-7-16(8-10-23)21-18-11-17(18)15-5-3-2-4-6-15/h2-6,16-18,21H,7-14H2,1H3,(H,24,25)/t17?,18-/m1/s1. The van der Waals surface area contributed by atoms with Gasteiger partial charge in [0.15, 0.2) is 0 Å². The third kappa shape index (κ3) is 3.59. The Kier molecular flexibility index (Phi) is 4.56. The SMILES string of the molecule is CN1CC(CC(=O)O)(N2CCC(N[C@@H]3CC3c3ccccc3)CC2)C1. The summed E-state index contributed by atoms with van der Waals surface area (Å²) >= 11 is 0. The number of rotatable bonds is 6. The number of benzene rings is 1. The van der Waals surface area contributed by atoms with Crippen LogP contribution in [-0.4, -0.2) is 71.7 Å². The van der Waals surface area contributed by atoms with Gasteiger partial charge in [-0.3, -0.25) is 9.69 Å². The minimum Gasteiger partial charge on any atom is -0.481 e. The second-order valence-corrected chi connectivity index (χ2v) is 8.25. The number of likely N-dealkylation sites (tertiary alicyclic amines) is 2. The summed E-state index contributed by atoms with van der Waals surface area (Å²) < 4.78 is 0. The van der Waals surface area contributed by atoms with Crippen LogP contribution < -0.4 is 5.32 Å². The highest BCUT2D eigenvalue weighted by Gasteiger charge is 2.48. The van der Waals surface area contributed by atoms with Crippen LogP contribution in [-0.2, 0) is 4.79 Å². The lowest BCUT2D eigenvalue weighted by atomic mass is 9.83. The molecule has 1 aromatic carbocycles. The predicted octanol–water partition coefficient (Wildman–Crippen LogP) is 1.76.